The zero-order chi connectivity index (χ0) is 13.0. The van der Waals surface area contributed by atoms with Crippen molar-refractivity contribution in [2.24, 2.45) is 0 Å². The number of hydrogen-bond donors (Lipinski definition) is 1. The van der Waals surface area contributed by atoms with Crippen molar-refractivity contribution in [2.45, 2.75) is 12.5 Å². The van der Waals surface area contributed by atoms with Crippen LogP contribution in [-0.4, -0.2) is 12.0 Å². The quantitative estimate of drug-likeness (QED) is 0.919. The molecule has 0 saturated carbocycles. The molecule has 0 aliphatic heterocycles. The maximum atomic E-state index is 6.28. The second-order valence-corrected chi connectivity index (χ2v) is 5.40. The van der Waals surface area contributed by atoms with Crippen molar-refractivity contribution in [3.8, 4) is 0 Å². The van der Waals surface area contributed by atoms with Crippen molar-refractivity contribution in [3.05, 3.63) is 63.3 Å². The first-order valence-electron chi connectivity index (χ1n) is 5.72. The van der Waals surface area contributed by atoms with Crippen LogP contribution in [0.15, 0.2) is 47.2 Å². The lowest BCUT2D eigenvalue weighted by molar-refractivity contribution is 0.591. The van der Waals surface area contributed by atoms with Crippen LogP contribution in [0.4, 0.5) is 0 Å². The smallest absolute Gasteiger partial charge is 0.0465 e. The Kier molecular flexibility index (Phi) is 4.75. The summed E-state index contributed by atoms with van der Waals surface area (Å²) in [5.41, 5.74) is 2.29. The number of nitrogens with one attached hydrogen (secondary N) is 1. The van der Waals surface area contributed by atoms with Gasteiger partial charge in [0.05, 0.1) is 0 Å². The Labute approximate surface area is 121 Å². The van der Waals surface area contributed by atoms with Crippen molar-refractivity contribution < 1.29 is 0 Å². The second kappa shape index (κ2) is 6.32. The number of halogens is 2. The SMILES string of the molecule is CNC(Cc1cccnc1)c1ccc(Br)cc1Cl. The Balaban J connectivity index is 2.23. The van der Waals surface area contributed by atoms with Crippen LogP contribution in [0.1, 0.15) is 17.2 Å². The molecule has 0 amide bonds. The van der Waals surface area contributed by atoms with Crippen LogP contribution in [-0.2, 0) is 6.42 Å². The lowest BCUT2D eigenvalue weighted by Crippen LogP contribution is -2.19. The van der Waals surface area contributed by atoms with E-state index >= 15 is 0 Å². The number of nitrogens with zero attached hydrogens (tertiary/aromatic N) is 1. The average molecular weight is 326 g/mol. The Morgan fingerprint density at radius 1 is 1.39 bits per heavy atom. The molecule has 1 aromatic heterocycles. The largest absolute Gasteiger partial charge is 0.313 e. The summed E-state index contributed by atoms with van der Waals surface area (Å²) in [7, 11) is 1.94. The van der Waals surface area contributed by atoms with Crippen LogP contribution >= 0.6 is 27.5 Å². The summed E-state index contributed by atoms with van der Waals surface area (Å²) in [5, 5.41) is 4.07. The summed E-state index contributed by atoms with van der Waals surface area (Å²) >= 11 is 9.70. The van der Waals surface area contributed by atoms with E-state index in [1.807, 2.05) is 37.5 Å². The van der Waals surface area contributed by atoms with Gasteiger partial charge in [-0.05, 0) is 42.8 Å². The van der Waals surface area contributed by atoms with Gasteiger partial charge in [0.1, 0.15) is 0 Å². The summed E-state index contributed by atoms with van der Waals surface area (Å²) in [6.07, 6.45) is 4.54. The van der Waals surface area contributed by atoms with Crippen molar-refractivity contribution in [1.82, 2.24) is 10.3 Å². The standard InChI is InChI=1S/C14H14BrClN2/c1-17-14(7-10-3-2-6-18-9-10)12-5-4-11(15)8-13(12)16/h2-6,8-9,14,17H,7H2,1H3. The molecule has 0 fully saturated rings. The van der Waals surface area contributed by atoms with Gasteiger partial charge in [-0.3, -0.25) is 4.98 Å². The molecule has 0 radical (unpaired) electrons. The lowest BCUT2D eigenvalue weighted by atomic mass is 10.00. The van der Waals surface area contributed by atoms with E-state index < -0.39 is 0 Å². The molecule has 2 nitrogen and oxygen atoms in total. The third-order valence-electron chi connectivity index (χ3n) is 2.85. The minimum absolute atomic E-state index is 0.190. The molecular weight excluding hydrogens is 312 g/mol. The molecule has 0 saturated heterocycles. The minimum Gasteiger partial charge on any atom is -0.313 e. The van der Waals surface area contributed by atoms with Crippen LogP contribution in [0.5, 0.6) is 0 Å². The number of hydrogen-bond acceptors (Lipinski definition) is 2. The number of benzene rings is 1. The monoisotopic (exact) mass is 324 g/mol. The van der Waals surface area contributed by atoms with E-state index in [1.54, 1.807) is 6.20 Å². The first-order valence-corrected chi connectivity index (χ1v) is 6.89. The number of rotatable bonds is 4. The third kappa shape index (κ3) is 3.31. The molecule has 1 atom stereocenters. The highest BCUT2D eigenvalue weighted by Gasteiger charge is 2.13. The van der Waals surface area contributed by atoms with Gasteiger partial charge in [-0.2, -0.15) is 0 Å². The van der Waals surface area contributed by atoms with E-state index in [2.05, 4.69) is 32.3 Å². The van der Waals surface area contributed by atoms with E-state index in [4.69, 9.17) is 11.6 Å². The highest BCUT2D eigenvalue weighted by Crippen LogP contribution is 2.28. The first kappa shape index (κ1) is 13.5. The van der Waals surface area contributed by atoms with Crippen molar-refractivity contribution in [2.75, 3.05) is 7.05 Å². The molecule has 1 unspecified atom stereocenters. The fourth-order valence-corrected chi connectivity index (χ4v) is 2.71. The maximum Gasteiger partial charge on any atom is 0.0465 e. The van der Waals surface area contributed by atoms with Crippen molar-refractivity contribution in [3.63, 3.8) is 0 Å². The van der Waals surface area contributed by atoms with E-state index in [-0.39, 0.29) is 6.04 Å². The summed E-state index contributed by atoms with van der Waals surface area (Å²) in [6, 6.07) is 10.2. The molecule has 0 spiro atoms. The number of aromatic nitrogens is 1. The number of likely N-dealkylation sites (N-methyl/N-ethyl adjacent to an activating group) is 1. The van der Waals surface area contributed by atoms with E-state index in [0.29, 0.717) is 0 Å². The lowest BCUT2D eigenvalue weighted by Gasteiger charge is -2.18. The van der Waals surface area contributed by atoms with Gasteiger partial charge >= 0.3 is 0 Å². The molecule has 1 heterocycles. The Morgan fingerprint density at radius 3 is 2.83 bits per heavy atom. The predicted octanol–water partition coefficient (Wildman–Crippen LogP) is 4.00. The van der Waals surface area contributed by atoms with Crippen LogP contribution in [0.25, 0.3) is 0 Å². The molecule has 0 aliphatic carbocycles. The molecule has 0 aliphatic rings. The topological polar surface area (TPSA) is 24.9 Å². The zero-order valence-electron chi connectivity index (χ0n) is 10.0. The summed E-state index contributed by atoms with van der Waals surface area (Å²) in [6.45, 7) is 0. The van der Waals surface area contributed by atoms with Gasteiger partial charge < -0.3 is 5.32 Å². The van der Waals surface area contributed by atoms with Gasteiger partial charge in [0.15, 0.2) is 0 Å². The van der Waals surface area contributed by atoms with Gasteiger partial charge in [-0.15, -0.1) is 0 Å². The molecule has 94 valence electrons. The molecule has 1 N–H and O–H groups in total. The van der Waals surface area contributed by atoms with Gasteiger partial charge in [0, 0.05) is 27.9 Å². The van der Waals surface area contributed by atoms with Gasteiger partial charge in [-0.25, -0.2) is 0 Å². The molecule has 2 aromatic rings. The summed E-state index contributed by atoms with van der Waals surface area (Å²) < 4.78 is 0.993. The molecule has 4 heteroatoms. The fraction of sp³-hybridized carbons (Fsp3) is 0.214. The molecule has 0 bridgehead atoms. The summed E-state index contributed by atoms with van der Waals surface area (Å²) in [4.78, 5) is 4.13. The molecule has 1 aromatic carbocycles. The zero-order valence-corrected chi connectivity index (χ0v) is 12.4. The van der Waals surface area contributed by atoms with E-state index in [1.165, 1.54) is 5.56 Å². The average Bonchev–Trinajstić information content (AvgIpc) is 2.38. The highest BCUT2D eigenvalue weighted by molar-refractivity contribution is 9.10. The van der Waals surface area contributed by atoms with Crippen molar-refractivity contribution in [1.29, 1.82) is 0 Å². The van der Waals surface area contributed by atoms with Gasteiger partial charge in [0.25, 0.3) is 0 Å². The van der Waals surface area contributed by atoms with E-state index in [0.717, 1.165) is 21.5 Å². The highest BCUT2D eigenvalue weighted by atomic mass is 79.9. The Morgan fingerprint density at radius 2 is 2.22 bits per heavy atom. The Hall–Kier alpha value is -0.900. The third-order valence-corrected chi connectivity index (χ3v) is 3.67. The van der Waals surface area contributed by atoms with Gasteiger partial charge in [-0.1, -0.05) is 39.7 Å². The molecule has 18 heavy (non-hydrogen) atoms. The van der Waals surface area contributed by atoms with Crippen LogP contribution < -0.4 is 5.32 Å². The van der Waals surface area contributed by atoms with Crippen LogP contribution in [0.2, 0.25) is 5.02 Å². The minimum atomic E-state index is 0.190. The number of pyridine rings is 1. The fourth-order valence-electron chi connectivity index (χ4n) is 1.91. The van der Waals surface area contributed by atoms with E-state index in [9.17, 15) is 0 Å². The first-order chi connectivity index (χ1) is 8.70. The normalized spacial score (nSPS) is 12.4. The van der Waals surface area contributed by atoms with Crippen molar-refractivity contribution >= 4 is 27.5 Å². The molecular formula is C14H14BrClN2. The second-order valence-electron chi connectivity index (χ2n) is 4.07. The van der Waals surface area contributed by atoms with Gasteiger partial charge in [0.2, 0.25) is 0 Å². The van der Waals surface area contributed by atoms with Crippen LogP contribution in [0, 0.1) is 0 Å². The summed E-state index contributed by atoms with van der Waals surface area (Å²) in [5.74, 6) is 0. The Bertz CT molecular complexity index is 516. The van der Waals surface area contributed by atoms with Crippen LogP contribution in [0.3, 0.4) is 0 Å². The predicted molar refractivity (Wildman–Crippen MR) is 78.9 cm³/mol. The molecule has 2 rings (SSSR count). The maximum absolute atomic E-state index is 6.28.